The van der Waals surface area contributed by atoms with E-state index in [4.69, 9.17) is 0 Å². The molecule has 1 nitrogen and oxygen atoms in total. The van der Waals surface area contributed by atoms with E-state index in [0.29, 0.717) is 0 Å². The van der Waals surface area contributed by atoms with E-state index in [-0.39, 0.29) is 5.41 Å². The van der Waals surface area contributed by atoms with Gasteiger partial charge in [-0.25, -0.2) is 0 Å². The molecule has 1 spiro atoms. The molecule has 0 radical (unpaired) electrons. The maximum Gasteiger partial charge on any atom is 0.0679 e. The lowest BCUT2D eigenvalue weighted by Gasteiger charge is -2.35. The maximum atomic E-state index is 4.00. The predicted octanol–water partition coefficient (Wildman–Crippen LogP) is 13.6. The van der Waals surface area contributed by atoms with Crippen molar-refractivity contribution in [2.24, 2.45) is 0 Å². The molecule has 0 bridgehead atoms. The summed E-state index contributed by atoms with van der Waals surface area (Å²) < 4.78 is 0. The Labute approximate surface area is 312 Å². The number of nitrogens with zero attached hydrogens (tertiary/aromatic N) is 1. The molecule has 7 aromatic carbocycles. The van der Waals surface area contributed by atoms with Gasteiger partial charge in [0.05, 0.1) is 16.8 Å². The number of fused-ring (bicyclic) bond motifs is 10. The van der Waals surface area contributed by atoms with Crippen LogP contribution >= 0.6 is 0 Å². The van der Waals surface area contributed by atoms with E-state index in [0.717, 1.165) is 11.4 Å². The molecule has 53 heavy (non-hydrogen) atoms. The normalized spacial score (nSPS) is 16.8. The molecule has 0 saturated heterocycles. The van der Waals surface area contributed by atoms with Crippen LogP contribution in [0.5, 0.6) is 0 Å². The Hall–Kier alpha value is -6.44. The smallest absolute Gasteiger partial charge is 0.0679 e. The van der Waals surface area contributed by atoms with E-state index in [2.05, 4.69) is 207 Å². The molecule has 7 aromatic rings. The molecular weight excluding hydrogens is 639 g/mol. The summed E-state index contributed by atoms with van der Waals surface area (Å²) in [6.45, 7) is 8.74. The monoisotopic (exact) mass is 677 g/mol. The first-order valence-corrected chi connectivity index (χ1v) is 18.6. The van der Waals surface area contributed by atoms with Crippen LogP contribution in [0.1, 0.15) is 47.2 Å². The second kappa shape index (κ2) is 11.8. The molecule has 10 rings (SSSR count). The number of allylic oxidation sites excluding steroid dienone is 5. The van der Waals surface area contributed by atoms with Gasteiger partial charge in [-0.15, -0.1) is 0 Å². The fraction of sp³-hybridized carbons (Fsp3) is 0.0769. The van der Waals surface area contributed by atoms with Crippen molar-refractivity contribution in [2.45, 2.75) is 24.7 Å². The topological polar surface area (TPSA) is 3.24 Å². The van der Waals surface area contributed by atoms with Crippen molar-refractivity contribution in [1.82, 2.24) is 0 Å². The fourth-order valence-corrected chi connectivity index (χ4v) is 9.54. The quantitative estimate of drug-likeness (QED) is 0.158. The summed E-state index contributed by atoms with van der Waals surface area (Å²) in [7, 11) is 0. The molecule has 1 unspecified atom stereocenters. The Morgan fingerprint density at radius 1 is 0.491 bits per heavy atom. The molecule has 0 N–H and O–H groups in total. The summed E-state index contributed by atoms with van der Waals surface area (Å²) >= 11 is 0. The Bertz CT molecular complexity index is 2670. The van der Waals surface area contributed by atoms with Crippen LogP contribution < -0.4 is 4.90 Å². The molecule has 0 aliphatic heterocycles. The van der Waals surface area contributed by atoms with Gasteiger partial charge in [-0.3, -0.25) is 0 Å². The van der Waals surface area contributed by atoms with Crippen LogP contribution in [0.4, 0.5) is 17.1 Å². The third-order valence-electron chi connectivity index (χ3n) is 11.8. The Morgan fingerprint density at radius 2 is 1.06 bits per heavy atom. The van der Waals surface area contributed by atoms with Crippen LogP contribution in [0.25, 0.3) is 39.0 Å². The summed E-state index contributed by atoms with van der Waals surface area (Å²) in [5, 5.41) is 0. The van der Waals surface area contributed by atoms with Crippen molar-refractivity contribution in [1.29, 1.82) is 0 Å². The maximum absolute atomic E-state index is 4.00. The van der Waals surface area contributed by atoms with Crippen LogP contribution in [0.15, 0.2) is 195 Å². The summed E-state index contributed by atoms with van der Waals surface area (Å²) in [4.78, 5) is 2.54. The zero-order valence-corrected chi connectivity index (χ0v) is 30.1. The third-order valence-corrected chi connectivity index (χ3v) is 11.8. The van der Waals surface area contributed by atoms with Crippen molar-refractivity contribution in [3.63, 3.8) is 0 Å². The van der Waals surface area contributed by atoms with Crippen LogP contribution in [0, 0.1) is 0 Å². The number of anilines is 3. The Balaban J connectivity index is 1.30. The van der Waals surface area contributed by atoms with Crippen molar-refractivity contribution >= 4 is 22.6 Å². The Kier molecular flexibility index (Phi) is 6.97. The van der Waals surface area contributed by atoms with Crippen LogP contribution in [0.3, 0.4) is 0 Å². The van der Waals surface area contributed by atoms with E-state index >= 15 is 0 Å². The molecule has 1 atom stereocenters. The molecule has 3 aliphatic rings. The largest absolute Gasteiger partial charge is 0.310 e. The second-order valence-corrected chi connectivity index (χ2v) is 14.9. The second-order valence-electron chi connectivity index (χ2n) is 14.9. The summed E-state index contributed by atoms with van der Waals surface area (Å²) in [5.74, 6) is 0. The van der Waals surface area contributed by atoms with E-state index < -0.39 is 5.41 Å². The van der Waals surface area contributed by atoms with Gasteiger partial charge >= 0.3 is 0 Å². The highest BCUT2D eigenvalue weighted by Crippen LogP contribution is 2.62. The van der Waals surface area contributed by atoms with Crippen molar-refractivity contribution in [2.75, 3.05) is 4.90 Å². The molecule has 0 heterocycles. The zero-order valence-electron chi connectivity index (χ0n) is 30.1. The minimum atomic E-state index is -0.494. The highest BCUT2D eigenvalue weighted by atomic mass is 15.1. The first-order chi connectivity index (χ1) is 26.0. The molecule has 0 fully saturated rings. The van der Waals surface area contributed by atoms with Crippen LogP contribution in [0.2, 0.25) is 0 Å². The number of para-hydroxylation sites is 1. The van der Waals surface area contributed by atoms with Crippen molar-refractivity contribution < 1.29 is 0 Å². The van der Waals surface area contributed by atoms with E-state index in [1.807, 2.05) is 6.08 Å². The minimum absolute atomic E-state index is 0.137. The van der Waals surface area contributed by atoms with Crippen molar-refractivity contribution in [3.8, 4) is 33.4 Å². The van der Waals surface area contributed by atoms with Gasteiger partial charge < -0.3 is 4.90 Å². The lowest BCUT2D eigenvalue weighted by atomic mass is 9.73. The van der Waals surface area contributed by atoms with Gasteiger partial charge in [0, 0.05) is 22.2 Å². The highest BCUT2D eigenvalue weighted by molar-refractivity contribution is 6.00. The number of hydrogen-bond donors (Lipinski definition) is 0. The molecule has 252 valence electrons. The van der Waals surface area contributed by atoms with Crippen molar-refractivity contribution in [3.05, 3.63) is 228 Å². The molecule has 0 saturated carbocycles. The first kappa shape index (κ1) is 31.3. The Morgan fingerprint density at radius 3 is 1.81 bits per heavy atom. The molecule has 3 aliphatic carbocycles. The summed E-state index contributed by atoms with van der Waals surface area (Å²) in [6, 6.07) is 60.7. The zero-order chi connectivity index (χ0) is 35.7. The van der Waals surface area contributed by atoms with Crippen LogP contribution in [-0.2, 0) is 10.8 Å². The first-order valence-electron chi connectivity index (χ1n) is 18.6. The lowest BCUT2D eigenvalue weighted by Crippen LogP contribution is -2.26. The number of rotatable bonds is 6. The molecule has 1 heteroatoms. The van der Waals surface area contributed by atoms with Gasteiger partial charge in [0.25, 0.3) is 0 Å². The van der Waals surface area contributed by atoms with Gasteiger partial charge in [0.15, 0.2) is 0 Å². The average molecular weight is 678 g/mol. The molecule has 0 aromatic heterocycles. The minimum Gasteiger partial charge on any atom is -0.310 e. The molecular formula is C52H39N. The number of benzene rings is 7. The van der Waals surface area contributed by atoms with E-state index in [1.54, 1.807) is 0 Å². The lowest BCUT2D eigenvalue weighted by molar-refractivity contribution is 0.660. The van der Waals surface area contributed by atoms with E-state index in [1.165, 1.54) is 78.0 Å². The third kappa shape index (κ3) is 4.44. The molecule has 0 amide bonds. The highest BCUT2D eigenvalue weighted by Gasteiger charge is 2.49. The van der Waals surface area contributed by atoms with E-state index in [9.17, 15) is 0 Å². The number of hydrogen-bond acceptors (Lipinski definition) is 1. The van der Waals surface area contributed by atoms with Crippen LogP contribution in [-0.4, -0.2) is 0 Å². The predicted molar refractivity (Wildman–Crippen MR) is 223 cm³/mol. The van der Waals surface area contributed by atoms with Gasteiger partial charge in [0.1, 0.15) is 0 Å². The van der Waals surface area contributed by atoms with Gasteiger partial charge in [-0.1, -0.05) is 184 Å². The fourth-order valence-electron chi connectivity index (χ4n) is 9.54. The SMILES string of the molecule is C=C/C=C\C1=CC2(c3ccccc31)c1ccccc1-c1cccc(N(c3ccc4c(c3)C(C)(C)c3ccccc3-4)c3ccccc3-c3ccccc3)c12. The van der Waals surface area contributed by atoms with Gasteiger partial charge in [0.2, 0.25) is 0 Å². The summed E-state index contributed by atoms with van der Waals surface area (Å²) in [5.41, 5.74) is 19.6. The van der Waals surface area contributed by atoms with Gasteiger partial charge in [-0.05, 0) is 85.5 Å². The standard InChI is InChI=1S/C52H39N/c1-4-5-18-36-34-52(45-27-14-9-21-38(36)45)46-28-15-11-24-41(46)43-25-17-30-49(50(43)52)53(48-29-16-12-22-39(48)35-19-7-6-8-20-35)37-31-32-42-40-23-10-13-26-44(40)51(2,3)47(42)33-37/h4-34H,1H2,2-3H3/b18-5-. The van der Waals surface area contributed by atoms with Gasteiger partial charge in [-0.2, -0.15) is 0 Å². The average Bonchev–Trinajstić information content (AvgIpc) is 3.78. The summed E-state index contributed by atoms with van der Waals surface area (Å²) in [6.07, 6.45) is 8.65.